The Labute approximate surface area is 128 Å². The Morgan fingerprint density at radius 1 is 1.48 bits per heavy atom. The standard InChI is InChI=1S/C15H19ClN2O3/c1-2-21-14(19)18-11-4-5-12(18)8-15(20,7-11)10-3-6-13(16)17-9-10/h3,6,9,11-12,20H,2,4-5,7-8H2,1H3/t11-,12-/m0/s1. The highest BCUT2D eigenvalue weighted by Gasteiger charge is 2.50. The zero-order valence-electron chi connectivity index (χ0n) is 12.0. The topological polar surface area (TPSA) is 62.7 Å². The second kappa shape index (κ2) is 5.46. The Kier molecular flexibility index (Phi) is 3.80. The Morgan fingerprint density at radius 3 is 2.67 bits per heavy atom. The van der Waals surface area contributed by atoms with Gasteiger partial charge in [0.2, 0.25) is 0 Å². The number of hydrogen-bond acceptors (Lipinski definition) is 4. The Balaban J connectivity index is 1.81. The molecule has 0 aromatic carbocycles. The predicted molar refractivity (Wildman–Crippen MR) is 78.0 cm³/mol. The summed E-state index contributed by atoms with van der Waals surface area (Å²) < 4.78 is 5.13. The lowest BCUT2D eigenvalue weighted by Crippen LogP contribution is -2.52. The fraction of sp³-hybridized carbons (Fsp3) is 0.600. The fourth-order valence-electron chi connectivity index (χ4n) is 3.61. The third kappa shape index (κ3) is 2.60. The number of fused-ring (bicyclic) bond motifs is 2. The number of nitrogens with zero attached hydrogens (tertiary/aromatic N) is 2. The number of rotatable bonds is 2. The summed E-state index contributed by atoms with van der Waals surface area (Å²) in [6, 6.07) is 3.57. The molecule has 21 heavy (non-hydrogen) atoms. The summed E-state index contributed by atoms with van der Waals surface area (Å²) in [5, 5.41) is 11.4. The molecule has 1 aromatic heterocycles. The van der Waals surface area contributed by atoms with E-state index in [4.69, 9.17) is 16.3 Å². The van der Waals surface area contributed by atoms with Gasteiger partial charge in [0.25, 0.3) is 0 Å². The molecule has 0 radical (unpaired) electrons. The first-order valence-electron chi connectivity index (χ1n) is 7.33. The second-order valence-electron chi connectivity index (χ2n) is 5.80. The van der Waals surface area contributed by atoms with Crippen molar-refractivity contribution in [2.75, 3.05) is 6.61 Å². The maximum absolute atomic E-state index is 12.0. The van der Waals surface area contributed by atoms with Crippen molar-refractivity contribution in [2.45, 2.75) is 50.3 Å². The predicted octanol–water partition coefficient (Wildman–Crippen LogP) is 2.71. The van der Waals surface area contributed by atoms with Crippen LogP contribution >= 0.6 is 11.6 Å². The monoisotopic (exact) mass is 310 g/mol. The van der Waals surface area contributed by atoms with Crippen LogP contribution in [0.1, 0.15) is 38.2 Å². The van der Waals surface area contributed by atoms with Crippen molar-refractivity contribution in [2.24, 2.45) is 0 Å². The number of halogens is 1. The van der Waals surface area contributed by atoms with Crippen molar-refractivity contribution in [1.82, 2.24) is 9.88 Å². The van der Waals surface area contributed by atoms with Crippen LogP contribution in [0.5, 0.6) is 0 Å². The van der Waals surface area contributed by atoms with Crippen LogP contribution in [0.15, 0.2) is 18.3 Å². The minimum absolute atomic E-state index is 0.0310. The summed E-state index contributed by atoms with van der Waals surface area (Å²) in [5.41, 5.74) is -0.167. The van der Waals surface area contributed by atoms with Crippen LogP contribution < -0.4 is 0 Å². The molecule has 0 unspecified atom stereocenters. The molecule has 3 rings (SSSR count). The molecule has 1 amide bonds. The molecule has 2 aliphatic heterocycles. The van der Waals surface area contributed by atoms with Gasteiger partial charge in [0, 0.05) is 36.7 Å². The molecule has 0 aliphatic carbocycles. The van der Waals surface area contributed by atoms with Crippen molar-refractivity contribution < 1.29 is 14.6 Å². The first kappa shape index (κ1) is 14.6. The second-order valence-corrected chi connectivity index (χ2v) is 6.19. The summed E-state index contributed by atoms with van der Waals surface area (Å²) in [7, 11) is 0. The maximum Gasteiger partial charge on any atom is 0.410 e. The van der Waals surface area contributed by atoms with E-state index in [1.807, 2.05) is 6.07 Å². The maximum atomic E-state index is 12.0. The van der Waals surface area contributed by atoms with Gasteiger partial charge in [-0.1, -0.05) is 17.7 Å². The lowest BCUT2D eigenvalue weighted by molar-refractivity contribution is -0.0527. The molecule has 1 aromatic rings. The number of carbonyl (C=O) groups excluding carboxylic acids is 1. The molecule has 2 aliphatic rings. The highest BCUT2D eigenvalue weighted by molar-refractivity contribution is 6.29. The van der Waals surface area contributed by atoms with E-state index in [1.54, 1.807) is 24.1 Å². The number of ether oxygens (including phenoxy) is 1. The summed E-state index contributed by atoms with van der Waals surface area (Å²) in [6.07, 6.45) is 4.22. The number of aromatic nitrogens is 1. The lowest BCUT2D eigenvalue weighted by atomic mass is 9.81. The van der Waals surface area contributed by atoms with Gasteiger partial charge in [-0.2, -0.15) is 0 Å². The molecular formula is C15H19ClN2O3. The molecule has 114 valence electrons. The van der Waals surface area contributed by atoms with Gasteiger partial charge in [-0.25, -0.2) is 9.78 Å². The van der Waals surface area contributed by atoms with Crippen LogP contribution in [0, 0.1) is 0 Å². The van der Waals surface area contributed by atoms with Crippen molar-refractivity contribution in [1.29, 1.82) is 0 Å². The minimum Gasteiger partial charge on any atom is -0.450 e. The summed E-state index contributed by atoms with van der Waals surface area (Å²) in [6.45, 7) is 2.18. The van der Waals surface area contributed by atoms with E-state index in [2.05, 4.69) is 4.98 Å². The fourth-order valence-corrected chi connectivity index (χ4v) is 3.72. The number of aliphatic hydroxyl groups is 1. The molecule has 2 saturated heterocycles. The number of pyridine rings is 1. The molecule has 0 saturated carbocycles. The van der Waals surface area contributed by atoms with Gasteiger partial charge >= 0.3 is 6.09 Å². The summed E-state index contributed by atoms with van der Waals surface area (Å²) in [5.74, 6) is 0. The van der Waals surface area contributed by atoms with Gasteiger partial charge in [-0.15, -0.1) is 0 Å². The number of hydrogen-bond donors (Lipinski definition) is 1. The zero-order valence-corrected chi connectivity index (χ0v) is 12.7. The molecular weight excluding hydrogens is 292 g/mol. The first-order chi connectivity index (χ1) is 10.0. The highest BCUT2D eigenvalue weighted by atomic mass is 35.5. The number of piperidine rings is 1. The van der Waals surface area contributed by atoms with E-state index in [9.17, 15) is 9.90 Å². The highest BCUT2D eigenvalue weighted by Crippen LogP contribution is 2.45. The van der Waals surface area contributed by atoms with Crippen LogP contribution in [-0.4, -0.2) is 39.8 Å². The average Bonchev–Trinajstić information content (AvgIpc) is 2.73. The van der Waals surface area contributed by atoms with Crippen LogP contribution in [0.25, 0.3) is 0 Å². The lowest BCUT2D eigenvalue weighted by Gasteiger charge is -2.43. The van der Waals surface area contributed by atoms with Gasteiger partial charge in [0.1, 0.15) is 5.15 Å². The first-order valence-corrected chi connectivity index (χ1v) is 7.71. The number of amides is 1. The van der Waals surface area contributed by atoms with Gasteiger partial charge in [0.05, 0.1) is 12.2 Å². The third-order valence-corrected chi connectivity index (χ3v) is 4.73. The smallest absolute Gasteiger partial charge is 0.410 e. The molecule has 0 spiro atoms. The van der Waals surface area contributed by atoms with E-state index < -0.39 is 5.60 Å². The SMILES string of the molecule is CCOC(=O)N1[C@H]2CC[C@H]1CC(O)(c1ccc(Cl)nc1)C2. The molecule has 3 heterocycles. The van der Waals surface area contributed by atoms with E-state index >= 15 is 0 Å². The minimum atomic E-state index is -0.938. The van der Waals surface area contributed by atoms with Gasteiger partial charge in [0.15, 0.2) is 0 Å². The van der Waals surface area contributed by atoms with Crippen molar-refractivity contribution in [3.8, 4) is 0 Å². The molecule has 5 nitrogen and oxygen atoms in total. The Hall–Kier alpha value is -1.33. The summed E-state index contributed by atoms with van der Waals surface area (Å²) in [4.78, 5) is 17.9. The molecule has 6 heteroatoms. The van der Waals surface area contributed by atoms with Gasteiger partial charge < -0.3 is 14.7 Å². The molecule has 2 bridgehead atoms. The Bertz CT molecular complexity index is 520. The van der Waals surface area contributed by atoms with Crippen LogP contribution in [0.4, 0.5) is 4.79 Å². The van der Waals surface area contributed by atoms with Gasteiger partial charge in [-0.3, -0.25) is 0 Å². The van der Waals surface area contributed by atoms with E-state index in [1.165, 1.54) is 0 Å². The van der Waals surface area contributed by atoms with Crippen LogP contribution in [0.2, 0.25) is 5.15 Å². The normalized spacial score (nSPS) is 31.3. The quantitative estimate of drug-likeness (QED) is 0.853. The number of carbonyl (C=O) groups is 1. The molecule has 2 atom stereocenters. The Morgan fingerprint density at radius 2 is 2.14 bits per heavy atom. The van der Waals surface area contributed by atoms with Crippen molar-refractivity contribution in [3.63, 3.8) is 0 Å². The van der Waals surface area contributed by atoms with E-state index in [0.717, 1.165) is 18.4 Å². The van der Waals surface area contributed by atoms with Gasteiger partial charge in [-0.05, 0) is 25.8 Å². The molecule has 2 fully saturated rings. The van der Waals surface area contributed by atoms with Crippen LogP contribution in [-0.2, 0) is 10.3 Å². The van der Waals surface area contributed by atoms with Crippen molar-refractivity contribution in [3.05, 3.63) is 29.0 Å². The van der Waals surface area contributed by atoms with E-state index in [-0.39, 0.29) is 18.2 Å². The van der Waals surface area contributed by atoms with Crippen molar-refractivity contribution >= 4 is 17.7 Å². The molecule has 1 N–H and O–H groups in total. The third-order valence-electron chi connectivity index (χ3n) is 4.51. The largest absolute Gasteiger partial charge is 0.450 e. The average molecular weight is 311 g/mol. The zero-order chi connectivity index (χ0) is 15.0. The van der Waals surface area contributed by atoms with Crippen LogP contribution in [0.3, 0.4) is 0 Å². The van der Waals surface area contributed by atoms with E-state index in [0.29, 0.717) is 24.6 Å². The summed E-state index contributed by atoms with van der Waals surface area (Å²) >= 11 is 5.80.